The second-order valence-corrected chi connectivity index (χ2v) is 9.35. The molecule has 174 valence electrons. The molecule has 8 heteroatoms. The highest BCUT2D eigenvalue weighted by Gasteiger charge is 2.37. The molecule has 2 aromatic carbocycles. The summed E-state index contributed by atoms with van der Waals surface area (Å²) in [5.74, 6) is 0.249. The van der Waals surface area contributed by atoms with E-state index in [0.29, 0.717) is 39.9 Å². The van der Waals surface area contributed by atoms with Crippen LogP contribution < -0.4 is 15.4 Å². The number of carbonyl (C=O) groups excluding carboxylic acids is 2. The third kappa shape index (κ3) is 5.30. The summed E-state index contributed by atoms with van der Waals surface area (Å²) < 4.78 is 5.42. The molecule has 4 rings (SSSR count). The van der Waals surface area contributed by atoms with Gasteiger partial charge in [-0.3, -0.25) is 9.59 Å². The van der Waals surface area contributed by atoms with Crippen LogP contribution in [-0.2, 0) is 9.59 Å². The lowest BCUT2D eigenvalue weighted by Crippen LogP contribution is -2.31. The van der Waals surface area contributed by atoms with E-state index in [9.17, 15) is 14.9 Å². The van der Waals surface area contributed by atoms with Crippen molar-refractivity contribution in [3.05, 3.63) is 81.0 Å². The topological polar surface area (TPSA) is 91.2 Å². The largest absolute Gasteiger partial charge is 0.494 e. The normalized spacial score (nSPS) is 17.6. The molecule has 0 saturated carbocycles. The number of ether oxygens (including phenoxy) is 1. The number of nitrogens with zero attached hydrogens (tertiary/aromatic N) is 1. The number of allylic oxidation sites excluding steroid dienone is 3. The minimum absolute atomic E-state index is 0.0544. The van der Waals surface area contributed by atoms with Gasteiger partial charge < -0.3 is 15.4 Å². The number of amides is 1. The van der Waals surface area contributed by atoms with Crippen molar-refractivity contribution in [2.24, 2.45) is 0 Å². The van der Waals surface area contributed by atoms with Crippen LogP contribution in [0.1, 0.15) is 37.7 Å². The van der Waals surface area contributed by atoms with Gasteiger partial charge in [0.2, 0.25) is 5.91 Å². The summed E-state index contributed by atoms with van der Waals surface area (Å²) in [4.78, 5) is 25.5. The van der Waals surface area contributed by atoms with E-state index in [0.717, 1.165) is 29.9 Å². The monoisotopic (exact) mass is 493 g/mol. The number of carbonyl (C=O) groups is 2. The van der Waals surface area contributed by atoms with Crippen molar-refractivity contribution >= 4 is 40.7 Å². The molecular formula is C26H24ClN3O3S. The molecule has 0 spiro atoms. The first-order valence-corrected chi connectivity index (χ1v) is 12.4. The van der Waals surface area contributed by atoms with Gasteiger partial charge in [0.25, 0.3) is 0 Å². The van der Waals surface area contributed by atoms with Gasteiger partial charge >= 0.3 is 0 Å². The fraction of sp³-hybridized carbons (Fsp3) is 0.269. The zero-order chi connectivity index (χ0) is 24.1. The molecule has 1 aliphatic carbocycles. The third-order valence-corrected chi connectivity index (χ3v) is 6.93. The molecule has 2 aromatic rings. The molecule has 0 aromatic heterocycles. The number of rotatable bonds is 7. The SMILES string of the molecule is CCOc1ccc(NC(=O)CSC2=C(C#N)[C@H](c3ccc(Cl)cc3)C3=C(CCCC3=O)N2)cc1. The fourth-order valence-electron chi connectivity index (χ4n) is 4.16. The zero-order valence-electron chi connectivity index (χ0n) is 18.7. The van der Waals surface area contributed by atoms with E-state index in [-0.39, 0.29) is 17.4 Å². The van der Waals surface area contributed by atoms with E-state index < -0.39 is 5.92 Å². The molecule has 1 atom stereocenters. The zero-order valence-corrected chi connectivity index (χ0v) is 20.3. The van der Waals surface area contributed by atoms with Gasteiger partial charge in [-0.25, -0.2) is 0 Å². The summed E-state index contributed by atoms with van der Waals surface area (Å²) in [6.45, 7) is 2.49. The molecular weight excluding hydrogens is 470 g/mol. The Labute approximate surface area is 208 Å². The Bertz CT molecular complexity index is 1200. The van der Waals surface area contributed by atoms with E-state index in [1.807, 2.05) is 19.1 Å². The molecule has 0 saturated heterocycles. The highest BCUT2D eigenvalue weighted by Crippen LogP contribution is 2.44. The number of nitrogens with one attached hydrogen (secondary N) is 2. The quantitative estimate of drug-likeness (QED) is 0.526. The van der Waals surface area contributed by atoms with Crippen LogP contribution in [0, 0.1) is 11.3 Å². The smallest absolute Gasteiger partial charge is 0.234 e. The Morgan fingerprint density at radius 3 is 2.62 bits per heavy atom. The summed E-state index contributed by atoms with van der Waals surface area (Å²) >= 11 is 7.33. The van der Waals surface area contributed by atoms with E-state index in [4.69, 9.17) is 16.3 Å². The van der Waals surface area contributed by atoms with Crippen molar-refractivity contribution in [2.75, 3.05) is 17.7 Å². The Kier molecular flexibility index (Phi) is 7.61. The number of anilines is 1. The van der Waals surface area contributed by atoms with Crippen LogP contribution in [0.3, 0.4) is 0 Å². The summed E-state index contributed by atoms with van der Waals surface area (Å²) in [6.07, 6.45) is 1.96. The van der Waals surface area contributed by atoms with Crippen molar-refractivity contribution in [1.82, 2.24) is 5.32 Å². The lowest BCUT2D eigenvalue weighted by Gasteiger charge is -2.33. The van der Waals surface area contributed by atoms with Gasteiger partial charge in [0.05, 0.1) is 34.9 Å². The number of Topliss-reactive ketones (excluding diaryl/α,β-unsaturated/α-hetero) is 1. The highest BCUT2D eigenvalue weighted by molar-refractivity contribution is 8.03. The van der Waals surface area contributed by atoms with Crippen LogP contribution in [-0.4, -0.2) is 24.1 Å². The minimum Gasteiger partial charge on any atom is -0.494 e. The maximum Gasteiger partial charge on any atom is 0.234 e. The van der Waals surface area contributed by atoms with Gasteiger partial charge in [0, 0.05) is 28.4 Å². The summed E-state index contributed by atoms with van der Waals surface area (Å²) in [5, 5.41) is 17.4. The Balaban J connectivity index is 1.54. The first kappa shape index (κ1) is 23.9. The minimum atomic E-state index is -0.469. The molecule has 2 aliphatic rings. The van der Waals surface area contributed by atoms with Gasteiger partial charge in [-0.1, -0.05) is 35.5 Å². The van der Waals surface area contributed by atoms with Crippen molar-refractivity contribution < 1.29 is 14.3 Å². The van der Waals surface area contributed by atoms with Gasteiger partial charge in [0.15, 0.2) is 5.78 Å². The summed E-state index contributed by atoms with van der Waals surface area (Å²) in [5.41, 5.74) is 3.43. The number of hydrogen-bond donors (Lipinski definition) is 2. The van der Waals surface area contributed by atoms with Crippen molar-refractivity contribution in [2.45, 2.75) is 32.1 Å². The standard InChI is InChI=1S/C26H24ClN3O3S/c1-2-33-19-12-10-18(11-13-19)29-23(32)15-34-26-20(14-28)24(16-6-8-17(27)9-7-16)25-21(30-26)4-3-5-22(25)31/h6-13,24,30H,2-5,15H2,1H3,(H,29,32)/t24-/m0/s1. The van der Waals surface area contributed by atoms with Crippen molar-refractivity contribution in [3.63, 3.8) is 0 Å². The molecule has 1 heterocycles. The van der Waals surface area contributed by atoms with E-state index in [1.54, 1.807) is 36.4 Å². The second-order valence-electron chi connectivity index (χ2n) is 7.93. The van der Waals surface area contributed by atoms with Gasteiger partial charge in [0.1, 0.15) is 5.75 Å². The highest BCUT2D eigenvalue weighted by atomic mass is 35.5. The maximum absolute atomic E-state index is 12.8. The van der Waals surface area contributed by atoms with Crippen molar-refractivity contribution in [3.8, 4) is 11.8 Å². The predicted molar refractivity (Wildman–Crippen MR) is 135 cm³/mol. The van der Waals surface area contributed by atoms with Gasteiger partial charge in [-0.15, -0.1) is 0 Å². The molecule has 1 aliphatic heterocycles. The summed E-state index contributed by atoms with van der Waals surface area (Å²) in [7, 11) is 0. The fourth-order valence-corrected chi connectivity index (χ4v) is 5.15. The average molecular weight is 494 g/mol. The van der Waals surface area contributed by atoms with E-state index >= 15 is 0 Å². The molecule has 0 fully saturated rings. The van der Waals surface area contributed by atoms with Crippen LogP contribution in [0.25, 0.3) is 0 Å². The van der Waals surface area contributed by atoms with Crippen LogP contribution >= 0.6 is 23.4 Å². The van der Waals surface area contributed by atoms with Crippen LogP contribution in [0.15, 0.2) is 70.4 Å². The molecule has 0 radical (unpaired) electrons. The van der Waals surface area contributed by atoms with Gasteiger partial charge in [-0.2, -0.15) is 5.26 Å². The Hall–Kier alpha value is -3.21. The van der Waals surface area contributed by atoms with E-state index in [1.165, 1.54) is 11.8 Å². The number of hydrogen-bond acceptors (Lipinski definition) is 6. The number of benzene rings is 2. The van der Waals surface area contributed by atoms with Crippen LogP contribution in [0.2, 0.25) is 5.02 Å². The first-order valence-electron chi connectivity index (χ1n) is 11.1. The van der Waals surface area contributed by atoms with Crippen molar-refractivity contribution in [1.29, 1.82) is 5.26 Å². The number of dihydropyridines is 1. The predicted octanol–water partition coefficient (Wildman–Crippen LogP) is 5.54. The third-order valence-electron chi connectivity index (χ3n) is 5.66. The average Bonchev–Trinajstić information content (AvgIpc) is 2.84. The van der Waals surface area contributed by atoms with Crippen LogP contribution in [0.4, 0.5) is 5.69 Å². The molecule has 0 unspecified atom stereocenters. The number of nitriles is 1. The Morgan fingerprint density at radius 1 is 1.21 bits per heavy atom. The lowest BCUT2D eigenvalue weighted by atomic mass is 9.77. The Morgan fingerprint density at radius 2 is 1.94 bits per heavy atom. The van der Waals surface area contributed by atoms with Gasteiger partial charge in [-0.05, 0) is 61.7 Å². The van der Waals surface area contributed by atoms with E-state index in [2.05, 4.69) is 16.7 Å². The van der Waals surface area contributed by atoms with Crippen LogP contribution in [0.5, 0.6) is 5.75 Å². The lowest BCUT2D eigenvalue weighted by molar-refractivity contribution is -0.116. The molecule has 34 heavy (non-hydrogen) atoms. The number of halogens is 1. The molecule has 6 nitrogen and oxygen atoms in total. The second kappa shape index (κ2) is 10.8. The number of ketones is 1. The first-order chi connectivity index (χ1) is 16.5. The maximum atomic E-state index is 12.8. The molecule has 0 bridgehead atoms. The molecule has 1 amide bonds. The molecule has 2 N–H and O–H groups in total. The summed E-state index contributed by atoms with van der Waals surface area (Å²) in [6, 6.07) is 16.7. The number of thioether (sulfide) groups is 1.